The van der Waals surface area contributed by atoms with Crippen LogP contribution in [0.2, 0.25) is 0 Å². The van der Waals surface area contributed by atoms with E-state index >= 15 is 0 Å². The molecule has 0 saturated carbocycles. The molecule has 1 atom stereocenters. The number of aliphatic hydroxyl groups is 1. The van der Waals surface area contributed by atoms with Crippen LogP contribution in [0.25, 0.3) is 6.08 Å². The van der Waals surface area contributed by atoms with Crippen molar-refractivity contribution in [3.05, 3.63) is 35.4 Å². The lowest BCUT2D eigenvalue weighted by Gasteiger charge is -2.24. The van der Waals surface area contributed by atoms with Gasteiger partial charge in [-0.1, -0.05) is 18.2 Å². The first-order valence-electron chi connectivity index (χ1n) is 6.46. The molecule has 0 spiro atoms. The van der Waals surface area contributed by atoms with Crippen LogP contribution in [-0.4, -0.2) is 24.6 Å². The summed E-state index contributed by atoms with van der Waals surface area (Å²) < 4.78 is 11.4. The Bertz CT molecular complexity index is 406. The fourth-order valence-electron chi connectivity index (χ4n) is 2.04. The molecule has 2 rings (SSSR count). The van der Waals surface area contributed by atoms with Crippen molar-refractivity contribution in [2.45, 2.75) is 32.5 Å². The Hall–Kier alpha value is -1.32. The molecule has 1 heterocycles. The molecule has 1 unspecified atom stereocenters. The monoisotopic (exact) mass is 248 g/mol. The molecule has 0 bridgehead atoms. The predicted molar refractivity (Wildman–Crippen MR) is 71.5 cm³/mol. The summed E-state index contributed by atoms with van der Waals surface area (Å²) in [5.74, 6) is 0.878. The van der Waals surface area contributed by atoms with Gasteiger partial charge < -0.3 is 14.6 Å². The van der Waals surface area contributed by atoms with Crippen molar-refractivity contribution in [3.63, 3.8) is 0 Å². The molecule has 1 aliphatic rings. The van der Waals surface area contributed by atoms with E-state index in [1.807, 2.05) is 31.2 Å². The second kappa shape index (κ2) is 6.57. The van der Waals surface area contributed by atoms with Crippen LogP contribution in [0.5, 0.6) is 5.75 Å². The molecule has 0 aliphatic carbocycles. The van der Waals surface area contributed by atoms with Crippen molar-refractivity contribution in [2.24, 2.45) is 0 Å². The van der Waals surface area contributed by atoms with E-state index in [0.717, 1.165) is 36.3 Å². The second-order valence-electron chi connectivity index (χ2n) is 4.52. The van der Waals surface area contributed by atoms with E-state index in [4.69, 9.17) is 14.6 Å². The van der Waals surface area contributed by atoms with Gasteiger partial charge in [-0.2, -0.15) is 0 Å². The zero-order valence-electron chi connectivity index (χ0n) is 10.8. The van der Waals surface area contributed by atoms with Gasteiger partial charge in [0.15, 0.2) is 6.29 Å². The highest BCUT2D eigenvalue weighted by molar-refractivity contribution is 5.53. The molecule has 1 aromatic carbocycles. The van der Waals surface area contributed by atoms with Crippen LogP contribution >= 0.6 is 0 Å². The van der Waals surface area contributed by atoms with Crippen LogP contribution in [0.3, 0.4) is 0 Å². The van der Waals surface area contributed by atoms with Gasteiger partial charge in [-0.15, -0.1) is 0 Å². The SMILES string of the molecule is Cc1cc(/C=C/CO)ccc1OC1CCCCO1. The Labute approximate surface area is 108 Å². The molecule has 1 N–H and O–H groups in total. The summed E-state index contributed by atoms with van der Waals surface area (Å²) in [6.07, 6.45) is 6.78. The molecule has 1 saturated heterocycles. The van der Waals surface area contributed by atoms with E-state index in [9.17, 15) is 0 Å². The average molecular weight is 248 g/mol. The molecule has 0 radical (unpaired) electrons. The van der Waals surface area contributed by atoms with Crippen molar-refractivity contribution in [1.29, 1.82) is 0 Å². The third-order valence-electron chi connectivity index (χ3n) is 3.01. The normalized spacial score (nSPS) is 20.2. The third kappa shape index (κ3) is 3.59. The Kier molecular flexibility index (Phi) is 4.79. The number of hydrogen-bond donors (Lipinski definition) is 1. The zero-order chi connectivity index (χ0) is 12.8. The Morgan fingerprint density at radius 1 is 1.44 bits per heavy atom. The maximum Gasteiger partial charge on any atom is 0.199 e. The first-order valence-corrected chi connectivity index (χ1v) is 6.46. The third-order valence-corrected chi connectivity index (χ3v) is 3.01. The van der Waals surface area contributed by atoms with Crippen molar-refractivity contribution in [3.8, 4) is 5.75 Å². The summed E-state index contributed by atoms with van der Waals surface area (Å²) >= 11 is 0. The summed E-state index contributed by atoms with van der Waals surface area (Å²) in [7, 11) is 0. The quantitative estimate of drug-likeness (QED) is 0.890. The standard InChI is InChI=1S/C15H20O3/c1-12-11-13(5-4-9-16)7-8-14(12)18-15-6-2-3-10-17-15/h4-5,7-8,11,15-16H,2-3,6,9-10H2,1H3/b5-4+. The molecule has 18 heavy (non-hydrogen) atoms. The number of rotatable bonds is 4. The molecule has 3 heteroatoms. The van der Waals surface area contributed by atoms with Gasteiger partial charge in [0.05, 0.1) is 13.2 Å². The highest BCUT2D eigenvalue weighted by Crippen LogP contribution is 2.24. The predicted octanol–water partition coefficient (Wildman–Crippen LogP) is 2.91. The van der Waals surface area contributed by atoms with Gasteiger partial charge in [-0.05, 0) is 43.0 Å². The number of ether oxygens (including phenoxy) is 2. The molecular weight excluding hydrogens is 228 g/mol. The summed E-state index contributed by atoms with van der Waals surface area (Å²) in [4.78, 5) is 0. The largest absolute Gasteiger partial charge is 0.465 e. The minimum absolute atomic E-state index is 0.0627. The highest BCUT2D eigenvalue weighted by Gasteiger charge is 2.15. The van der Waals surface area contributed by atoms with E-state index in [2.05, 4.69) is 0 Å². The average Bonchev–Trinajstić information content (AvgIpc) is 2.40. The minimum Gasteiger partial charge on any atom is -0.465 e. The van der Waals surface area contributed by atoms with Gasteiger partial charge in [0.25, 0.3) is 0 Å². The van der Waals surface area contributed by atoms with Crippen molar-refractivity contribution in [1.82, 2.24) is 0 Å². The van der Waals surface area contributed by atoms with E-state index in [1.54, 1.807) is 6.08 Å². The van der Waals surface area contributed by atoms with Gasteiger partial charge in [-0.25, -0.2) is 0 Å². The topological polar surface area (TPSA) is 38.7 Å². The van der Waals surface area contributed by atoms with Gasteiger partial charge >= 0.3 is 0 Å². The lowest BCUT2D eigenvalue weighted by atomic mass is 10.1. The van der Waals surface area contributed by atoms with E-state index in [1.165, 1.54) is 6.42 Å². The van der Waals surface area contributed by atoms with Gasteiger partial charge in [-0.3, -0.25) is 0 Å². The molecule has 1 aliphatic heterocycles. The van der Waals surface area contributed by atoms with E-state index in [-0.39, 0.29) is 12.9 Å². The van der Waals surface area contributed by atoms with Crippen LogP contribution < -0.4 is 4.74 Å². The minimum atomic E-state index is -0.101. The van der Waals surface area contributed by atoms with Crippen LogP contribution in [0.1, 0.15) is 30.4 Å². The molecule has 0 amide bonds. The fourth-order valence-corrected chi connectivity index (χ4v) is 2.04. The Morgan fingerprint density at radius 2 is 2.33 bits per heavy atom. The van der Waals surface area contributed by atoms with Gasteiger partial charge in [0, 0.05) is 6.42 Å². The maximum atomic E-state index is 8.74. The maximum absolute atomic E-state index is 8.74. The first kappa shape index (κ1) is 13.1. The lowest BCUT2D eigenvalue weighted by molar-refractivity contribution is -0.106. The first-order chi connectivity index (χ1) is 8.79. The van der Waals surface area contributed by atoms with Gasteiger partial charge in [0.1, 0.15) is 5.75 Å². The summed E-state index contributed by atoms with van der Waals surface area (Å²) in [5, 5.41) is 8.74. The van der Waals surface area contributed by atoms with Crippen LogP contribution in [0, 0.1) is 6.92 Å². The van der Waals surface area contributed by atoms with Crippen molar-refractivity contribution >= 4 is 6.08 Å². The Morgan fingerprint density at radius 3 is 3.00 bits per heavy atom. The molecule has 3 nitrogen and oxygen atoms in total. The summed E-state index contributed by atoms with van der Waals surface area (Å²) in [6, 6.07) is 5.99. The van der Waals surface area contributed by atoms with Crippen molar-refractivity contribution < 1.29 is 14.6 Å². The molecule has 0 aromatic heterocycles. The highest BCUT2D eigenvalue weighted by atomic mass is 16.7. The number of aliphatic hydroxyl groups excluding tert-OH is 1. The van der Waals surface area contributed by atoms with Crippen LogP contribution in [0.4, 0.5) is 0 Å². The molecule has 1 fully saturated rings. The molecular formula is C15H20O3. The smallest absolute Gasteiger partial charge is 0.199 e. The van der Waals surface area contributed by atoms with E-state index < -0.39 is 0 Å². The number of hydrogen-bond acceptors (Lipinski definition) is 3. The fraction of sp³-hybridized carbons (Fsp3) is 0.467. The van der Waals surface area contributed by atoms with Crippen LogP contribution in [0.15, 0.2) is 24.3 Å². The van der Waals surface area contributed by atoms with Crippen LogP contribution in [-0.2, 0) is 4.74 Å². The van der Waals surface area contributed by atoms with E-state index in [0.29, 0.717) is 0 Å². The number of benzene rings is 1. The Balaban J connectivity index is 2.02. The number of aryl methyl sites for hydroxylation is 1. The molecule has 98 valence electrons. The lowest BCUT2D eigenvalue weighted by Crippen LogP contribution is -2.25. The summed E-state index contributed by atoms with van der Waals surface area (Å²) in [5.41, 5.74) is 2.16. The second-order valence-corrected chi connectivity index (χ2v) is 4.52. The van der Waals surface area contributed by atoms with Crippen molar-refractivity contribution in [2.75, 3.05) is 13.2 Å². The van der Waals surface area contributed by atoms with Gasteiger partial charge in [0.2, 0.25) is 0 Å². The zero-order valence-corrected chi connectivity index (χ0v) is 10.8. The molecule has 1 aromatic rings. The summed E-state index contributed by atoms with van der Waals surface area (Å²) in [6.45, 7) is 2.88.